The smallest absolute Gasteiger partial charge is 0.258 e. The normalized spacial score (nSPS) is 11.7. The van der Waals surface area contributed by atoms with Gasteiger partial charge in [0.15, 0.2) is 6.61 Å². The van der Waals surface area contributed by atoms with Gasteiger partial charge in [0.2, 0.25) is 0 Å². The molecule has 0 spiro atoms. The van der Waals surface area contributed by atoms with Crippen LogP contribution in [-0.4, -0.2) is 25.2 Å². The summed E-state index contributed by atoms with van der Waals surface area (Å²) in [5, 5.41) is 2.88. The first-order chi connectivity index (χ1) is 12.0. The van der Waals surface area contributed by atoms with Crippen LogP contribution < -0.4 is 14.8 Å². The van der Waals surface area contributed by atoms with Crippen LogP contribution in [0, 0.1) is 6.92 Å². The Morgan fingerprint density at radius 3 is 2.60 bits per heavy atom. The van der Waals surface area contributed by atoms with Gasteiger partial charge in [0.05, 0.1) is 10.5 Å². The van der Waals surface area contributed by atoms with Crippen molar-refractivity contribution in [3.8, 4) is 11.5 Å². The SMILES string of the molecule is CCc1ccc(OCC(=O)N[C@@H](C)COc2ccccc2C)c(Br)c1. The zero-order valence-electron chi connectivity index (χ0n) is 14.8. The van der Waals surface area contributed by atoms with E-state index in [4.69, 9.17) is 9.47 Å². The summed E-state index contributed by atoms with van der Waals surface area (Å²) < 4.78 is 12.2. The lowest BCUT2D eigenvalue weighted by Gasteiger charge is -2.16. The van der Waals surface area contributed by atoms with Crippen LogP contribution >= 0.6 is 15.9 Å². The Morgan fingerprint density at radius 2 is 1.92 bits per heavy atom. The molecule has 5 heteroatoms. The predicted octanol–water partition coefficient (Wildman–Crippen LogP) is 4.28. The van der Waals surface area contributed by atoms with Crippen molar-refractivity contribution >= 4 is 21.8 Å². The Kier molecular flexibility index (Phi) is 7.31. The fraction of sp³-hybridized carbons (Fsp3) is 0.350. The number of rotatable bonds is 8. The predicted molar refractivity (Wildman–Crippen MR) is 103 cm³/mol. The Morgan fingerprint density at radius 1 is 1.16 bits per heavy atom. The molecule has 0 aliphatic heterocycles. The highest BCUT2D eigenvalue weighted by Crippen LogP contribution is 2.26. The summed E-state index contributed by atoms with van der Waals surface area (Å²) in [5.41, 5.74) is 2.29. The van der Waals surface area contributed by atoms with E-state index in [-0.39, 0.29) is 18.6 Å². The molecule has 0 fully saturated rings. The summed E-state index contributed by atoms with van der Waals surface area (Å²) in [6, 6.07) is 13.6. The number of nitrogens with one attached hydrogen (secondary N) is 1. The number of ether oxygens (including phenoxy) is 2. The zero-order chi connectivity index (χ0) is 18.2. The third-order valence-corrected chi connectivity index (χ3v) is 4.37. The van der Waals surface area contributed by atoms with E-state index in [9.17, 15) is 4.79 Å². The fourth-order valence-electron chi connectivity index (χ4n) is 2.32. The molecule has 4 nitrogen and oxygen atoms in total. The van der Waals surface area contributed by atoms with Crippen molar-refractivity contribution in [2.45, 2.75) is 33.2 Å². The van der Waals surface area contributed by atoms with Gasteiger partial charge in [-0.25, -0.2) is 0 Å². The van der Waals surface area contributed by atoms with Crippen molar-refractivity contribution in [3.05, 3.63) is 58.1 Å². The highest BCUT2D eigenvalue weighted by Gasteiger charge is 2.11. The maximum absolute atomic E-state index is 12.0. The summed E-state index contributed by atoms with van der Waals surface area (Å²) in [5.74, 6) is 1.32. The fourth-order valence-corrected chi connectivity index (χ4v) is 2.86. The minimum Gasteiger partial charge on any atom is -0.491 e. The van der Waals surface area contributed by atoms with Crippen LogP contribution in [0.25, 0.3) is 0 Å². The zero-order valence-corrected chi connectivity index (χ0v) is 16.4. The molecular weight excluding hydrogens is 382 g/mol. The minimum atomic E-state index is -0.174. The van der Waals surface area contributed by atoms with E-state index in [1.165, 1.54) is 5.56 Å². The number of para-hydroxylation sites is 1. The number of benzene rings is 2. The van der Waals surface area contributed by atoms with E-state index in [0.717, 1.165) is 22.2 Å². The van der Waals surface area contributed by atoms with Gasteiger partial charge in [-0.05, 0) is 65.5 Å². The third kappa shape index (κ3) is 6.09. The van der Waals surface area contributed by atoms with Gasteiger partial charge in [0.1, 0.15) is 18.1 Å². The maximum atomic E-state index is 12.0. The summed E-state index contributed by atoms with van der Waals surface area (Å²) >= 11 is 3.47. The largest absolute Gasteiger partial charge is 0.491 e. The molecule has 1 amide bonds. The van der Waals surface area contributed by atoms with E-state index in [0.29, 0.717) is 12.4 Å². The lowest BCUT2D eigenvalue weighted by molar-refractivity contribution is -0.123. The average Bonchev–Trinajstić information content (AvgIpc) is 2.60. The van der Waals surface area contributed by atoms with Gasteiger partial charge in [-0.2, -0.15) is 0 Å². The summed E-state index contributed by atoms with van der Waals surface area (Å²) in [4.78, 5) is 12.0. The second-order valence-electron chi connectivity index (χ2n) is 5.95. The first-order valence-electron chi connectivity index (χ1n) is 8.38. The topological polar surface area (TPSA) is 47.6 Å². The molecule has 2 aromatic carbocycles. The van der Waals surface area contributed by atoms with Crippen LogP contribution in [0.3, 0.4) is 0 Å². The molecule has 0 bridgehead atoms. The molecule has 0 heterocycles. The monoisotopic (exact) mass is 405 g/mol. The molecule has 0 radical (unpaired) electrons. The molecule has 0 aliphatic rings. The average molecular weight is 406 g/mol. The van der Waals surface area contributed by atoms with Crippen LogP contribution in [0.15, 0.2) is 46.9 Å². The molecule has 0 unspecified atom stereocenters. The van der Waals surface area contributed by atoms with Gasteiger partial charge in [-0.1, -0.05) is 31.2 Å². The van der Waals surface area contributed by atoms with Crippen LogP contribution in [0.5, 0.6) is 11.5 Å². The van der Waals surface area contributed by atoms with Gasteiger partial charge in [-0.15, -0.1) is 0 Å². The molecule has 0 saturated heterocycles. The Bertz CT molecular complexity index is 718. The van der Waals surface area contributed by atoms with Crippen molar-refractivity contribution in [3.63, 3.8) is 0 Å². The molecule has 1 N–H and O–H groups in total. The van der Waals surface area contributed by atoms with Crippen LogP contribution in [0.4, 0.5) is 0 Å². The van der Waals surface area contributed by atoms with Crippen molar-refractivity contribution in [1.29, 1.82) is 0 Å². The van der Waals surface area contributed by atoms with Gasteiger partial charge in [0.25, 0.3) is 5.91 Å². The Labute approximate surface area is 157 Å². The molecule has 0 saturated carbocycles. The highest BCUT2D eigenvalue weighted by molar-refractivity contribution is 9.10. The molecule has 1 atom stereocenters. The Hall–Kier alpha value is -2.01. The molecule has 2 rings (SSSR count). The number of aryl methyl sites for hydroxylation is 2. The van der Waals surface area contributed by atoms with Crippen molar-refractivity contribution in [2.75, 3.05) is 13.2 Å². The number of halogens is 1. The molecule has 0 aromatic heterocycles. The van der Waals surface area contributed by atoms with E-state index < -0.39 is 0 Å². The third-order valence-electron chi connectivity index (χ3n) is 3.75. The van der Waals surface area contributed by atoms with E-state index in [1.807, 2.05) is 56.3 Å². The van der Waals surface area contributed by atoms with Gasteiger partial charge in [0, 0.05) is 0 Å². The number of carbonyl (C=O) groups excluding carboxylic acids is 1. The van der Waals surface area contributed by atoms with Gasteiger partial charge < -0.3 is 14.8 Å². The Balaban J connectivity index is 1.77. The van der Waals surface area contributed by atoms with Crippen LogP contribution in [0.2, 0.25) is 0 Å². The van der Waals surface area contributed by atoms with E-state index >= 15 is 0 Å². The quantitative estimate of drug-likeness (QED) is 0.712. The minimum absolute atomic E-state index is 0.0290. The van der Waals surface area contributed by atoms with E-state index in [1.54, 1.807) is 0 Å². The highest BCUT2D eigenvalue weighted by atomic mass is 79.9. The number of hydrogen-bond acceptors (Lipinski definition) is 3. The molecule has 0 aliphatic carbocycles. The number of amides is 1. The molecule has 2 aromatic rings. The van der Waals surface area contributed by atoms with Gasteiger partial charge in [-0.3, -0.25) is 4.79 Å². The molecule has 25 heavy (non-hydrogen) atoms. The van der Waals surface area contributed by atoms with Gasteiger partial charge >= 0.3 is 0 Å². The lowest BCUT2D eigenvalue weighted by Crippen LogP contribution is -2.39. The van der Waals surface area contributed by atoms with Crippen LogP contribution in [0.1, 0.15) is 25.0 Å². The second kappa shape index (κ2) is 9.47. The maximum Gasteiger partial charge on any atom is 0.258 e. The molecular formula is C20H24BrNO3. The van der Waals surface area contributed by atoms with Crippen molar-refractivity contribution < 1.29 is 14.3 Å². The summed E-state index contributed by atoms with van der Waals surface area (Å²) in [7, 11) is 0. The number of hydrogen-bond donors (Lipinski definition) is 1. The standard InChI is InChI=1S/C20H24BrNO3/c1-4-16-9-10-19(17(21)11-16)25-13-20(23)22-15(3)12-24-18-8-6-5-7-14(18)2/h5-11,15H,4,12-13H2,1-3H3,(H,22,23)/t15-/m0/s1. The summed E-state index contributed by atoms with van der Waals surface area (Å²) in [6.45, 7) is 6.37. The van der Waals surface area contributed by atoms with Crippen molar-refractivity contribution in [1.82, 2.24) is 5.32 Å². The first-order valence-corrected chi connectivity index (χ1v) is 9.18. The first kappa shape index (κ1) is 19.3. The lowest BCUT2D eigenvalue weighted by atomic mass is 10.2. The van der Waals surface area contributed by atoms with E-state index in [2.05, 4.69) is 28.2 Å². The second-order valence-corrected chi connectivity index (χ2v) is 6.81. The summed E-state index contributed by atoms with van der Waals surface area (Å²) in [6.07, 6.45) is 0.956. The number of carbonyl (C=O) groups is 1. The molecule has 134 valence electrons. The van der Waals surface area contributed by atoms with Crippen molar-refractivity contribution in [2.24, 2.45) is 0 Å². The van der Waals surface area contributed by atoms with Crippen LogP contribution in [-0.2, 0) is 11.2 Å².